The van der Waals surface area contributed by atoms with Gasteiger partial charge in [-0.15, -0.1) is 0 Å². The summed E-state index contributed by atoms with van der Waals surface area (Å²) in [6, 6.07) is 0. The number of hydrogen-bond acceptors (Lipinski definition) is 5. The number of carbonyl (C=O) groups excluding carboxylic acids is 1. The van der Waals surface area contributed by atoms with Crippen LogP contribution in [0.25, 0.3) is 5.57 Å². The molecule has 76 valence electrons. The molecule has 2 N–H and O–H groups in total. The fourth-order valence-electron chi connectivity index (χ4n) is 0.940. The van der Waals surface area contributed by atoms with Gasteiger partial charge in [0.05, 0.1) is 0 Å². The van der Waals surface area contributed by atoms with Crippen molar-refractivity contribution in [2.45, 2.75) is 13.8 Å². The first-order valence-electron chi connectivity index (χ1n) is 3.99. The summed E-state index contributed by atoms with van der Waals surface area (Å²) in [7, 11) is 1.45. The van der Waals surface area contributed by atoms with Gasteiger partial charge in [0.1, 0.15) is 11.3 Å². The zero-order valence-electron chi connectivity index (χ0n) is 8.16. The molecule has 0 aliphatic heterocycles. The van der Waals surface area contributed by atoms with Gasteiger partial charge in [-0.1, -0.05) is 5.16 Å². The minimum atomic E-state index is -0.464. The van der Waals surface area contributed by atoms with E-state index in [4.69, 9.17) is 4.52 Å². The lowest BCUT2D eigenvalue weighted by Gasteiger charge is -2.01. The predicted molar refractivity (Wildman–Crippen MR) is 48.3 cm³/mol. The Hall–Kier alpha value is -1.85. The minimum Gasteiger partial charge on any atom is -0.512 e. The van der Waals surface area contributed by atoms with Crippen molar-refractivity contribution in [2.75, 3.05) is 7.05 Å². The highest BCUT2D eigenvalue weighted by Gasteiger charge is 2.20. The highest BCUT2D eigenvalue weighted by Crippen LogP contribution is 2.15. The first kappa shape index (κ1) is 10.2. The molecule has 0 aliphatic carbocycles. The SMILES string of the molecule is CNC(=O)/C(=C(/C)O)c1nc(C)no1. The molecule has 0 atom stereocenters. The summed E-state index contributed by atoms with van der Waals surface area (Å²) in [6.07, 6.45) is 0. The first-order chi connectivity index (χ1) is 6.56. The van der Waals surface area contributed by atoms with Crippen LogP contribution in [0.1, 0.15) is 18.6 Å². The standard InChI is InChI=1S/C8H11N3O3/c1-4(12)6(7(13)9-3)8-10-5(2)11-14-8/h12H,1-3H3,(H,9,13)/b6-4+. The van der Waals surface area contributed by atoms with Gasteiger partial charge in [0, 0.05) is 7.05 Å². The molecule has 0 spiro atoms. The van der Waals surface area contributed by atoms with E-state index < -0.39 is 5.91 Å². The molecule has 0 unspecified atom stereocenters. The Kier molecular flexibility index (Phi) is 2.85. The molecular weight excluding hydrogens is 186 g/mol. The highest BCUT2D eigenvalue weighted by atomic mass is 16.5. The van der Waals surface area contributed by atoms with Gasteiger partial charge in [-0.05, 0) is 13.8 Å². The maximum Gasteiger partial charge on any atom is 0.266 e. The molecule has 0 saturated carbocycles. The Bertz CT molecular complexity index is 377. The average molecular weight is 197 g/mol. The number of aliphatic hydroxyl groups excluding tert-OH is 1. The van der Waals surface area contributed by atoms with Gasteiger partial charge in [-0.3, -0.25) is 4.79 Å². The third kappa shape index (κ3) is 1.90. The van der Waals surface area contributed by atoms with E-state index in [9.17, 15) is 9.90 Å². The molecule has 0 fully saturated rings. The number of amides is 1. The number of allylic oxidation sites excluding steroid dienone is 1. The predicted octanol–water partition coefficient (Wildman–Crippen LogP) is 0.413. The molecule has 1 aromatic rings. The van der Waals surface area contributed by atoms with Gasteiger partial charge in [0.2, 0.25) is 0 Å². The third-order valence-corrected chi connectivity index (χ3v) is 1.56. The van der Waals surface area contributed by atoms with E-state index in [-0.39, 0.29) is 17.2 Å². The number of nitrogens with one attached hydrogen (secondary N) is 1. The fourth-order valence-corrected chi connectivity index (χ4v) is 0.940. The van der Waals surface area contributed by atoms with E-state index in [1.807, 2.05) is 0 Å². The summed E-state index contributed by atoms with van der Waals surface area (Å²) >= 11 is 0. The second-order valence-electron chi connectivity index (χ2n) is 2.69. The van der Waals surface area contributed by atoms with Crippen molar-refractivity contribution in [3.8, 4) is 0 Å². The number of hydrogen-bond donors (Lipinski definition) is 2. The molecule has 0 radical (unpaired) electrons. The molecule has 1 aromatic heterocycles. The van der Waals surface area contributed by atoms with Crippen LogP contribution in [0.15, 0.2) is 10.3 Å². The van der Waals surface area contributed by atoms with Crippen LogP contribution < -0.4 is 5.32 Å². The summed E-state index contributed by atoms with van der Waals surface area (Å²) in [5, 5.41) is 15.2. The third-order valence-electron chi connectivity index (χ3n) is 1.56. The first-order valence-corrected chi connectivity index (χ1v) is 3.99. The molecule has 0 aromatic carbocycles. The summed E-state index contributed by atoms with van der Waals surface area (Å²) in [5.41, 5.74) is -0.00639. The van der Waals surface area contributed by atoms with E-state index in [1.165, 1.54) is 14.0 Å². The average Bonchev–Trinajstić information content (AvgIpc) is 2.51. The van der Waals surface area contributed by atoms with Crippen LogP contribution in [-0.4, -0.2) is 28.2 Å². The Morgan fingerprint density at radius 2 is 2.21 bits per heavy atom. The number of nitrogens with zero attached hydrogens (tertiary/aromatic N) is 2. The van der Waals surface area contributed by atoms with Gasteiger partial charge >= 0.3 is 0 Å². The lowest BCUT2D eigenvalue weighted by Crippen LogP contribution is -2.20. The number of aromatic nitrogens is 2. The largest absolute Gasteiger partial charge is 0.512 e. The second kappa shape index (κ2) is 3.91. The van der Waals surface area contributed by atoms with Gasteiger partial charge in [-0.25, -0.2) is 0 Å². The summed E-state index contributed by atoms with van der Waals surface area (Å²) in [4.78, 5) is 15.2. The Labute approximate surface area is 80.6 Å². The van der Waals surface area contributed by atoms with E-state index in [0.717, 1.165) is 0 Å². The molecule has 6 nitrogen and oxygen atoms in total. The van der Waals surface area contributed by atoms with Gasteiger partial charge in [0.15, 0.2) is 5.82 Å². The second-order valence-corrected chi connectivity index (χ2v) is 2.69. The zero-order chi connectivity index (χ0) is 10.7. The van der Waals surface area contributed by atoms with Crippen molar-refractivity contribution in [1.82, 2.24) is 15.5 Å². The van der Waals surface area contributed by atoms with Crippen LogP contribution in [-0.2, 0) is 4.79 Å². The Morgan fingerprint density at radius 3 is 2.57 bits per heavy atom. The molecule has 6 heteroatoms. The smallest absolute Gasteiger partial charge is 0.266 e. The van der Waals surface area contributed by atoms with Crippen LogP contribution in [0, 0.1) is 6.92 Å². The van der Waals surface area contributed by atoms with Gasteiger partial charge in [-0.2, -0.15) is 4.98 Å². The number of aliphatic hydroxyl groups is 1. The molecular formula is C8H11N3O3. The van der Waals surface area contributed by atoms with E-state index in [2.05, 4.69) is 15.5 Å². The molecule has 14 heavy (non-hydrogen) atoms. The molecule has 1 rings (SSSR count). The molecule has 0 saturated heterocycles. The van der Waals surface area contributed by atoms with E-state index >= 15 is 0 Å². The van der Waals surface area contributed by atoms with Crippen molar-refractivity contribution in [3.05, 3.63) is 17.5 Å². The Morgan fingerprint density at radius 1 is 1.57 bits per heavy atom. The van der Waals surface area contributed by atoms with Crippen molar-refractivity contribution in [2.24, 2.45) is 0 Å². The van der Waals surface area contributed by atoms with E-state index in [1.54, 1.807) is 6.92 Å². The van der Waals surface area contributed by atoms with Crippen molar-refractivity contribution < 1.29 is 14.4 Å². The lowest BCUT2D eigenvalue weighted by atomic mass is 10.2. The van der Waals surface area contributed by atoms with Crippen LogP contribution in [0.5, 0.6) is 0 Å². The normalized spacial score (nSPS) is 12.2. The number of rotatable bonds is 2. The van der Waals surface area contributed by atoms with Crippen LogP contribution in [0.3, 0.4) is 0 Å². The molecule has 0 bridgehead atoms. The lowest BCUT2D eigenvalue weighted by molar-refractivity contribution is -0.115. The van der Waals surface area contributed by atoms with Crippen LogP contribution >= 0.6 is 0 Å². The number of likely N-dealkylation sites (N-methyl/N-ethyl adjacent to an activating group) is 1. The van der Waals surface area contributed by atoms with Crippen LogP contribution in [0.2, 0.25) is 0 Å². The molecule has 1 heterocycles. The summed E-state index contributed by atoms with van der Waals surface area (Å²) in [6.45, 7) is 3.01. The Balaban J connectivity index is 3.15. The molecule has 0 aliphatic rings. The summed E-state index contributed by atoms with van der Waals surface area (Å²) in [5.74, 6) is -0.203. The van der Waals surface area contributed by atoms with Crippen molar-refractivity contribution in [3.63, 3.8) is 0 Å². The fraction of sp³-hybridized carbons (Fsp3) is 0.375. The maximum absolute atomic E-state index is 11.3. The van der Waals surface area contributed by atoms with Gasteiger partial charge < -0.3 is 14.9 Å². The quantitative estimate of drug-likeness (QED) is 0.529. The van der Waals surface area contributed by atoms with E-state index in [0.29, 0.717) is 5.82 Å². The maximum atomic E-state index is 11.3. The summed E-state index contributed by atoms with van der Waals surface area (Å²) < 4.78 is 4.77. The van der Waals surface area contributed by atoms with Gasteiger partial charge in [0.25, 0.3) is 11.8 Å². The number of aryl methyl sites for hydroxylation is 1. The highest BCUT2D eigenvalue weighted by molar-refractivity contribution is 6.18. The van der Waals surface area contributed by atoms with Crippen molar-refractivity contribution >= 4 is 11.5 Å². The topological polar surface area (TPSA) is 88.2 Å². The zero-order valence-corrected chi connectivity index (χ0v) is 8.16. The number of carbonyl (C=O) groups is 1. The monoisotopic (exact) mass is 197 g/mol. The molecule has 1 amide bonds. The van der Waals surface area contributed by atoms with Crippen LogP contribution in [0.4, 0.5) is 0 Å². The van der Waals surface area contributed by atoms with Crippen molar-refractivity contribution in [1.29, 1.82) is 0 Å². The minimum absolute atomic E-state index is 0.00639.